The summed E-state index contributed by atoms with van der Waals surface area (Å²) in [6, 6.07) is 12.6. The van der Waals surface area contributed by atoms with Crippen LogP contribution in [0.1, 0.15) is 28.5 Å². The van der Waals surface area contributed by atoms with Gasteiger partial charge in [0.2, 0.25) is 0 Å². The zero-order valence-electron chi connectivity index (χ0n) is 9.89. The molecule has 1 aromatic heterocycles. The molecule has 0 spiro atoms. The van der Waals surface area contributed by atoms with Crippen LogP contribution in [0.25, 0.3) is 0 Å². The summed E-state index contributed by atoms with van der Waals surface area (Å²) in [5, 5.41) is 0. The van der Waals surface area contributed by atoms with Crippen molar-refractivity contribution >= 4 is 0 Å². The third-order valence-corrected chi connectivity index (χ3v) is 3.41. The normalized spacial score (nSPS) is 18.1. The number of hydrogen-bond acceptors (Lipinski definition) is 2. The number of methoxy groups -OCH3 is 1. The first-order valence-corrected chi connectivity index (χ1v) is 5.94. The molecule has 0 amide bonds. The molecule has 1 heterocycles. The Morgan fingerprint density at radius 3 is 2.76 bits per heavy atom. The quantitative estimate of drug-likeness (QED) is 0.744. The van der Waals surface area contributed by atoms with Crippen LogP contribution in [0, 0.1) is 0 Å². The second-order valence-corrected chi connectivity index (χ2v) is 4.35. The highest BCUT2D eigenvalue weighted by molar-refractivity contribution is 5.40. The van der Waals surface area contributed by atoms with Crippen molar-refractivity contribution in [3.8, 4) is 0 Å². The van der Waals surface area contributed by atoms with Crippen molar-refractivity contribution in [2.24, 2.45) is 0 Å². The smallest absolute Gasteiger partial charge is 0.109 e. The molecule has 1 unspecified atom stereocenters. The van der Waals surface area contributed by atoms with Crippen molar-refractivity contribution < 1.29 is 4.74 Å². The van der Waals surface area contributed by atoms with E-state index in [9.17, 15) is 0 Å². The van der Waals surface area contributed by atoms with Crippen LogP contribution in [-0.4, -0.2) is 12.1 Å². The van der Waals surface area contributed by atoms with E-state index in [4.69, 9.17) is 4.74 Å². The van der Waals surface area contributed by atoms with Gasteiger partial charge in [-0.2, -0.15) is 0 Å². The lowest BCUT2D eigenvalue weighted by atomic mass is 9.98. The molecule has 1 aromatic carbocycles. The fourth-order valence-electron chi connectivity index (χ4n) is 2.59. The molecule has 2 heteroatoms. The first-order valence-electron chi connectivity index (χ1n) is 5.94. The van der Waals surface area contributed by atoms with E-state index >= 15 is 0 Å². The molecule has 0 saturated heterocycles. The van der Waals surface area contributed by atoms with Crippen molar-refractivity contribution in [2.75, 3.05) is 7.11 Å². The molecule has 17 heavy (non-hydrogen) atoms. The highest BCUT2D eigenvalue weighted by Gasteiger charge is 2.23. The van der Waals surface area contributed by atoms with Crippen LogP contribution < -0.4 is 0 Å². The van der Waals surface area contributed by atoms with Gasteiger partial charge in [0, 0.05) is 24.6 Å². The lowest BCUT2D eigenvalue weighted by molar-refractivity contribution is 0.135. The predicted molar refractivity (Wildman–Crippen MR) is 66.9 cm³/mol. The Morgan fingerprint density at radius 1 is 1.06 bits per heavy atom. The van der Waals surface area contributed by atoms with Gasteiger partial charge in [0.15, 0.2) is 0 Å². The number of fused-ring (bicyclic) bond motifs is 2. The maximum atomic E-state index is 5.68. The summed E-state index contributed by atoms with van der Waals surface area (Å²) in [5.41, 5.74) is 5.02. The Labute approximate surface area is 101 Å². The average molecular weight is 225 g/mol. The molecule has 3 rings (SSSR count). The van der Waals surface area contributed by atoms with E-state index in [1.54, 1.807) is 7.11 Å². The van der Waals surface area contributed by atoms with Gasteiger partial charge < -0.3 is 4.74 Å². The summed E-state index contributed by atoms with van der Waals surface area (Å²) in [6.07, 6.45) is 3.92. The monoisotopic (exact) mass is 225 g/mol. The van der Waals surface area contributed by atoms with E-state index in [1.165, 1.54) is 16.7 Å². The van der Waals surface area contributed by atoms with Crippen LogP contribution in [0.4, 0.5) is 0 Å². The van der Waals surface area contributed by atoms with Gasteiger partial charge in [-0.05, 0) is 30.0 Å². The lowest BCUT2D eigenvalue weighted by Gasteiger charge is -2.17. The van der Waals surface area contributed by atoms with Gasteiger partial charge in [-0.15, -0.1) is 0 Å². The molecule has 0 bridgehead atoms. The molecule has 1 atom stereocenters. The third kappa shape index (κ3) is 1.75. The van der Waals surface area contributed by atoms with E-state index < -0.39 is 0 Å². The van der Waals surface area contributed by atoms with Gasteiger partial charge in [-0.3, -0.25) is 4.98 Å². The zero-order valence-corrected chi connectivity index (χ0v) is 9.89. The Bertz CT molecular complexity index is 488. The molecule has 0 radical (unpaired) electrons. The largest absolute Gasteiger partial charge is 0.372 e. The topological polar surface area (TPSA) is 22.1 Å². The summed E-state index contributed by atoms with van der Waals surface area (Å²) >= 11 is 0. The molecular weight excluding hydrogens is 210 g/mol. The number of aromatic nitrogens is 1. The van der Waals surface area contributed by atoms with Crippen molar-refractivity contribution in [3.05, 3.63) is 65.0 Å². The molecule has 1 aliphatic rings. The van der Waals surface area contributed by atoms with Crippen LogP contribution in [0.15, 0.2) is 42.6 Å². The highest BCUT2D eigenvalue weighted by Crippen LogP contribution is 2.33. The Kier molecular flexibility index (Phi) is 2.65. The molecule has 0 saturated carbocycles. The maximum absolute atomic E-state index is 5.68. The Hall–Kier alpha value is -1.67. The first kappa shape index (κ1) is 10.5. The van der Waals surface area contributed by atoms with Gasteiger partial charge in [-0.1, -0.05) is 30.3 Å². The summed E-state index contributed by atoms with van der Waals surface area (Å²) in [6.45, 7) is 0. The van der Waals surface area contributed by atoms with Gasteiger partial charge in [0.05, 0.1) is 0 Å². The van der Waals surface area contributed by atoms with E-state index in [0.717, 1.165) is 18.5 Å². The Morgan fingerprint density at radius 2 is 1.88 bits per heavy atom. The number of ether oxygens (including phenoxy) is 1. The summed E-state index contributed by atoms with van der Waals surface area (Å²) < 4.78 is 5.68. The number of nitrogens with zero attached hydrogens (tertiary/aromatic N) is 1. The van der Waals surface area contributed by atoms with E-state index in [0.29, 0.717) is 0 Å². The van der Waals surface area contributed by atoms with Gasteiger partial charge in [-0.25, -0.2) is 0 Å². The van der Waals surface area contributed by atoms with Crippen LogP contribution in [0.3, 0.4) is 0 Å². The fourth-order valence-corrected chi connectivity index (χ4v) is 2.59. The first-order chi connectivity index (χ1) is 8.40. The fraction of sp³-hybridized carbons (Fsp3) is 0.267. The van der Waals surface area contributed by atoms with Crippen LogP contribution in [0.5, 0.6) is 0 Å². The van der Waals surface area contributed by atoms with Crippen LogP contribution >= 0.6 is 0 Å². The van der Waals surface area contributed by atoms with E-state index in [2.05, 4.69) is 35.3 Å². The van der Waals surface area contributed by atoms with Gasteiger partial charge in [0.1, 0.15) is 6.10 Å². The molecule has 2 nitrogen and oxygen atoms in total. The zero-order chi connectivity index (χ0) is 11.7. The summed E-state index contributed by atoms with van der Waals surface area (Å²) in [5.74, 6) is 0. The molecule has 0 N–H and O–H groups in total. The van der Waals surface area contributed by atoms with Crippen LogP contribution in [-0.2, 0) is 17.6 Å². The Balaban J connectivity index is 2.19. The summed E-state index contributed by atoms with van der Waals surface area (Å²) in [7, 11) is 1.77. The molecular formula is C15H15NO. The number of pyridine rings is 1. The third-order valence-electron chi connectivity index (χ3n) is 3.41. The number of hydrogen-bond donors (Lipinski definition) is 0. The molecule has 2 aromatic rings. The SMILES string of the molecule is COC1c2ccccc2CCc2ncccc21. The number of rotatable bonds is 1. The average Bonchev–Trinajstić information content (AvgIpc) is 2.55. The predicted octanol–water partition coefficient (Wildman–Crippen LogP) is 2.92. The number of benzene rings is 1. The minimum atomic E-state index is 0.0254. The summed E-state index contributed by atoms with van der Waals surface area (Å²) in [4.78, 5) is 4.48. The van der Waals surface area contributed by atoms with Crippen molar-refractivity contribution in [1.29, 1.82) is 0 Å². The van der Waals surface area contributed by atoms with Gasteiger partial charge in [0.25, 0.3) is 0 Å². The minimum absolute atomic E-state index is 0.0254. The number of aryl methyl sites for hydroxylation is 2. The van der Waals surface area contributed by atoms with Crippen molar-refractivity contribution in [1.82, 2.24) is 4.98 Å². The highest BCUT2D eigenvalue weighted by atomic mass is 16.5. The molecule has 0 fully saturated rings. The van der Waals surface area contributed by atoms with Crippen molar-refractivity contribution in [3.63, 3.8) is 0 Å². The maximum Gasteiger partial charge on any atom is 0.109 e. The second kappa shape index (κ2) is 4.30. The van der Waals surface area contributed by atoms with Crippen LogP contribution in [0.2, 0.25) is 0 Å². The van der Waals surface area contributed by atoms with Crippen molar-refractivity contribution in [2.45, 2.75) is 18.9 Å². The second-order valence-electron chi connectivity index (χ2n) is 4.35. The standard InChI is InChI=1S/C15H15NO/c1-17-15-12-6-3-2-5-11(12)8-9-14-13(15)7-4-10-16-14/h2-7,10,15H,8-9H2,1H3. The molecule has 1 aliphatic carbocycles. The van der Waals surface area contributed by atoms with E-state index in [-0.39, 0.29) is 6.10 Å². The minimum Gasteiger partial charge on any atom is -0.372 e. The van der Waals surface area contributed by atoms with E-state index in [1.807, 2.05) is 12.3 Å². The molecule has 0 aliphatic heterocycles. The van der Waals surface area contributed by atoms with Gasteiger partial charge >= 0.3 is 0 Å². The lowest BCUT2D eigenvalue weighted by Crippen LogP contribution is -2.06. The molecule has 86 valence electrons.